The summed E-state index contributed by atoms with van der Waals surface area (Å²) < 4.78 is 0. The molecule has 0 N–H and O–H groups in total. The first-order valence-corrected chi connectivity index (χ1v) is 6.55. The highest BCUT2D eigenvalue weighted by Gasteiger charge is 2.08. The first-order chi connectivity index (χ1) is 6.95. The Hall–Kier alpha value is -0.560. The van der Waals surface area contributed by atoms with Gasteiger partial charge in [-0.15, -0.1) is 11.3 Å². The van der Waals surface area contributed by atoms with E-state index in [0.717, 1.165) is 5.92 Å². The average Bonchev–Trinajstić information content (AvgIpc) is 2.58. The van der Waals surface area contributed by atoms with Gasteiger partial charge in [0.1, 0.15) is 0 Å². The first kappa shape index (κ1) is 9.97. The number of thiophene rings is 1. The van der Waals surface area contributed by atoms with Gasteiger partial charge in [-0.3, -0.25) is 0 Å². The molecule has 0 amide bonds. The van der Waals surface area contributed by atoms with E-state index in [1.165, 1.54) is 43.4 Å². The fourth-order valence-corrected chi connectivity index (χ4v) is 2.75. The molecule has 1 aliphatic carbocycles. The molecule has 1 heterocycles. The van der Waals surface area contributed by atoms with Crippen molar-refractivity contribution < 1.29 is 0 Å². The molecule has 0 atom stereocenters. The van der Waals surface area contributed by atoms with Gasteiger partial charge in [-0.25, -0.2) is 0 Å². The van der Waals surface area contributed by atoms with Crippen molar-refractivity contribution in [3.05, 3.63) is 28.5 Å². The third kappa shape index (κ3) is 2.98. The van der Waals surface area contributed by atoms with Crippen LogP contribution in [0.1, 0.15) is 43.4 Å². The van der Waals surface area contributed by atoms with Gasteiger partial charge in [-0.2, -0.15) is 0 Å². The molecule has 1 aliphatic rings. The molecule has 0 spiro atoms. The molecule has 1 aromatic rings. The fourth-order valence-electron chi connectivity index (χ4n) is 2.12. The molecule has 1 saturated carbocycles. The lowest BCUT2D eigenvalue weighted by atomic mass is 10.00. The van der Waals surface area contributed by atoms with Gasteiger partial charge >= 0.3 is 0 Å². The predicted molar refractivity (Wildman–Crippen MR) is 64.5 cm³/mol. The zero-order chi connectivity index (χ0) is 9.64. The molecule has 14 heavy (non-hydrogen) atoms. The van der Waals surface area contributed by atoms with E-state index in [0.29, 0.717) is 0 Å². The zero-order valence-electron chi connectivity index (χ0n) is 8.61. The van der Waals surface area contributed by atoms with Crippen molar-refractivity contribution in [2.45, 2.75) is 38.5 Å². The lowest BCUT2D eigenvalue weighted by Gasteiger charge is -2.06. The van der Waals surface area contributed by atoms with Crippen molar-refractivity contribution in [1.29, 1.82) is 0 Å². The summed E-state index contributed by atoms with van der Waals surface area (Å²) in [5, 5.41) is 2.15. The molecule has 0 saturated heterocycles. The molecular weight excluding hydrogens is 188 g/mol. The van der Waals surface area contributed by atoms with Crippen LogP contribution >= 0.6 is 11.3 Å². The Labute approximate surface area is 90.7 Å². The van der Waals surface area contributed by atoms with Gasteiger partial charge in [-0.05, 0) is 36.3 Å². The highest BCUT2D eigenvalue weighted by atomic mass is 32.1. The highest BCUT2D eigenvalue weighted by molar-refractivity contribution is 7.10. The molecule has 2 rings (SSSR count). The second-order valence-electron chi connectivity index (χ2n) is 4.13. The van der Waals surface area contributed by atoms with Crippen molar-refractivity contribution in [2.24, 2.45) is 5.92 Å². The van der Waals surface area contributed by atoms with E-state index < -0.39 is 0 Å². The molecule has 0 radical (unpaired) electrons. The van der Waals surface area contributed by atoms with Gasteiger partial charge < -0.3 is 0 Å². The molecule has 1 fully saturated rings. The van der Waals surface area contributed by atoms with Crippen LogP contribution < -0.4 is 0 Å². The van der Waals surface area contributed by atoms with Crippen LogP contribution in [0, 0.1) is 5.92 Å². The average molecular weight is 206 g/mol. The maximum atomic E-state index is 2.43. The minimum absolute atomic E-state index is 0.847. The molecule has 0 aliphatic heterocycles. The van der Waals surface area contributed by atoms with Crippen LogP contribution in [0.3, 0.4) is 0 Å². The van der Waals surface area contributed by atoms with E-state index in [4.69, 9.17) is 0 Å². The van der Waals surface area contributed by atoms with Crippen LogP contribution in [-0.2, 0) is 0 Å². The van der Waals surface area contributed by atoms with Gasteiger partial charge in [0.15, 0.2) is 0 Å². The van der Waals surface area contributed by atoms with Crippen molar-refractivity contribution in [1.82, 2.24) is 0 Å². The standard InChI is InChI=1S/C13H18S/c1-2-4-7-12(6-3-1)9-10-13-8-5-11-14-13/h5,8-12H,1-4,6-7H2. The summed E-state index contributed by atoms with van der Waals surface area (Å²) in [5.74, 6) is 0.847. The largest absolute Gasteiger partial charge is 0.144 e. The monoisotopic (exact) mass is 206 g/mol. The molecule has 0 bridgehead atoms. The lowest BCUT2D eigenvalue weighted by molar-refractivity contribution is 0.561. The van der Waals surface area contributed by atoms with Crippen LogP contribution in [0.5, 0.6) is 0 Å². The van der Waals surface area contributed by atoms with Gasteiger partial charge in [0.25, 0.3) is 0 Å². The minimum atomic E-state index is 0.847. The van der Waals surface area contributed by atoms with Gasteiger partial charge in [-0.1, -0.05) is 37.8 Å². The molecule has 0 nitrogen and oxygen atoms in total. The first-order valence-electron chi connectivity index (χ1n) is 5.67. The normalized spacial score (nSPS) is 20.0. The lowest BCUT2D eigenvalue weighted by Crippen LogP contribution is -1.92. The molecule has 76 valence electrons. The molecule has 1 heteroatoms. The summed E-state index contributed by atoms with van der Waals surface area (Å²) in [7, 11) is 0. The maximum absolute atomic E-state index is 2.43. The van der Waals surface area contributed by atoms with E-state index >= 15 is 0 Å². The van der Waals surface area contributed by atoms with Gasteiger partial charge in [0.2, 0.25) is 0 Å². The second kappa shape index (κ2) is 5.35. The quantitative estimate of drug-likeness (QED) is 0.614. The van der Waals surface area contributed by atoms with E-state index in [1.54, 1.807) is 0 Å². The minimum Gasteiger partial charge on any atom is -0.144 e. The second-order valence-corrected chi connectivity index (χ2v) is 5.11. The van der Waals surface area contributed by atoms with Crippen LogP contribution in [0.2, 0.25) is 0 Å². The van der Waals surface area contributed by atoms with Crippen molar-refractivity contribution in [2.75, 3.05) is 0 Å². The summed E-state index contributed by atoms with van der Waals surface area (Å²) >= 11 is 1.83. The Balaban J connectivity index is 1.89. The van der Waals surface area contributed by atoms with Gasteiger partial charge in [0, 0.05) is 4.88 Å². The summed E-state index contributed by atoms with van der Waals surface area (Å²) in [6, 6.07) is 4.31. The highest BCUT2D eigenvalue weighted by Crippen LogP contribution is 2.24. The molecule has 0 aromatic carbocycles. The Morgan fingerprint density at radius 2 is 1.93 bits per heavy atom. The summed E-state index contributed by atoms with van der Waals surface area (Å²) in [4.78, 5) is 1.40. The van der Waals surface area contributed by atoms with Gasteiger partial charge in [0.05, 0.1) is 0 Å². The predicted octanol–water partition coefficient (Wildman–Crippen LogP) is 4.73. The van der Waals surface area contributed by atoms with Crippen molar-refractivity contribution >= 4 is 17.4 Å². The van der Waals surface area contributed by atoms with E-state index in [1.807, 2.05) is 11.3 Å². The van der Waals surface area contributed by atoms with Crippen molar-refractivity contribution in [3.63, 3.8) is 0 Å². The molecule has 1 aromatic heterocycles. The number of allylic oxidation sites excluding steroid dienone is 1. The number of hydrogen-bond donors (Lipinski definition) is 0. The maximum Gasteiger partial charge on any atom is 0.0267 e. The third-order valence-electron chi connectivity index (χ3n) is 2.98. The Morgan fingerprint density at radius 1 is 1.14 bits per heavy atom. The molecule has 0 unspecified atom stereocenters. The zero-order valence-corrected chi connectivity index (χ0v) is 9.43. The topological polar surface area (TPSA) is 0 Å². The van der Waals surface area contributed by atoms with Crippen LogP contribution in [0.25, 0.3) is 6.08 Å². The Kier molecular flexibility index (Phi) is 3.81. The SMILES string of the molecule is C(=CC1CCCCCC1)c1cccs1. The Bertz CT molecular complexity index is 263. The Morgan fingerprint density at radius 3 is 2.57 bits per heavy atom. The number of rotatable bonds is 2. The summed E-state index contributed by atoms with van der Waals surface area (Å²) in [5.41, 5.74) is 0. The summed E-state index contributed by atoms with van der Waals surface area (Å²) in [6.45, 7) is 0. The summed E-state index contributed by atoms with van der Waals surface area (Å²) in [6.07, 6.45) is 13.3. The van der Waals surface area contributed by atoms with E-state index in [-0.39, 0.29) is 0 Å². The van der Waals surface area contributed by atoms with Crippen LogP contribution in [0.4, 0.5) is 0 Å². The van der Waals surface area contributed by atoms with Crippen molar-refractivity contribution in [3.8, 4) is 0 Å². The van der Waals surface area contributed by atoms with E-state index in [9.17, 15) is 0 Å². The molecular formula is C13H18S. The fraction of sp³-hybridized carbons (Fsp3) is 0.538. The van der Waals surface area contributed by atoms with Crippen LogP contribution in [0.15, 0.2) is 23.6 Å². The van der Waals surface area contributed by atoms with Crippen LogP contribution in [-0.4, -0.2) is 0 Å². The number of hydrogen-bond acceptors (Lipinski definition) is 1. The van der Waals surface area contributed by atoms with E-state index in [2.05, 4.69) is 29.7 Å². The third-order valence-corrected chi connectivity index (χ3v) is 3.81. The smallest absolute Gasteiger partial charge is 0.0267 e.